The Bertz CT molecular complexity index is 705. The maximum atomic E-state index is 11.5. The van der Waals surface area contributed by atoms with Gasteiger partial charge in [-0.2, -0.15) is 9.97 Å². The molecule has 1 unspecified atom stereocenters. The topological polar surface area (TPSA) is 137 Å². The molecule has 4 N–H and O–H groups in total. The molecule has 138 valence electrons. The van der Waals surface area contributed by atoms with Gasteiger partial charge in [-0.05, 0) is 6.42 Å². The van der Waals surface area contributed by atoms with Crippen molar-refractivity contribution in [1.29, 1.82) is 0 Å². The predicted molar refractivity (Wildman–Crippen MR) is 91.7 cm³/mol. The van der Waals surface area contributed by atoms with Crippen LogP contribution in [0.25, 0.3) is 11.2 Å². The molecular weight excluding hydrogens is 328 g/mol. The fraction of sp³-hybridized carbons (Fsp3) is 0.600. The van der Waals surface area contributed by atoms with Crippen LogP contribution in [0, 0.1) is 0 Å². The van der Waals surface area contributed by atoms with E-state index in [2.05, 4.69) is 20.3 Å². The van der Waals surface area contributed by atoms with Crippen LogP contribution in [0.4, 0.5) is 11.8 Å². The summed E-state index contributed by atoms with van der Waals surface area (Å²) in [5, 5.41) is 12.2. The lowest BCUT2D eigenvalue weighted by molar-refractivity contribution is -0.150. The first kappa shape index (κ1) is 18.9. The molecular formula is C15H24N6O4. The first-order chi connectivity index (χ1) is 12.1. The van der Waals surface area contributed by atoms with Crippen molar-refractivity contribution in [2.75, 3.05) is 31.3 Å². The van der Waals surface area contributed by atoms with E-state index in [1.807, 2.05) is 6.92 Å². The zero-order valence-electron chi connectivity index (χ0n) is 14.4. The SMILES string of the molecule is CCCCC(=O)OCC(CO)OCn1cnc2c(N)nc(NC)nc21. The molecule has 0 amide bonds. The summed E-state index contributed by atoms with van der Waals surface area (Å²) < 4.78 is 12.3. The van der Waals surface area contributed by atoms with Crippen LogP contribution in [-0.2, 0) is 21.0 Å². The first-order valence-corrected chi connectivity index (χ1v) is 8.13. The molecule has 2 aromatic rings. The summed E-state index contributed by atoms with van der Waals surface area (Å²) >= 11 is 0. The van der Waals surface area contributed by atoms with Gasteiger partial charge in [0, 0.05) is 13.5 Å². The summed E-state index contributed by atoms with van der Waals surface area (Å²) in [6.07, 6.45) is 2.95. The van der Waals surface area contributed by atoms with E-state index in [0.717, 1.165) is 12.8 Å². The van der Waals surface area contributed by atoms with Crippen LogP contribution in [-0.4, -0.2) is 57.0 Å². The van der Waals surface area contributed by atoms with Crippen LogP contribution in [0.2, 0.25) is 0 Å². The number of rotatable bonds is 10. The number of nitrogens with zero attached hydrogens (tertiary/aromatic N) is 4. The quantitative estimate of drug-likeness (QED) is 0.522. The molecule has 0 aromatic carbocycles. The third kappa shape index (κ3) is 5.00. The molecule has 25 heavy (non-hydrogen) atoms. The van der Waals surface area contributed by atoms with Gasteiger partial charge in [0.25, 0.3) is 0 Å². The zero-order valence-corrected chi connectivity index (χ0v) is 14.4. The Labute approximate surface area is 145 Å². The highest BCUT2D eigenvalue weighted by Gasteiger charge is 2.15. The molecule has 0 fully saturated rings. The number of imidazole rings is 1. The molecule has 10 nitrogen and oxygen atoms in total. The Kier molecular flexibility index (Phi) is 6.90. The van der Waals surface area contributed by atoms with E-state index >= 15 is 0 Å². The lowest BCUT2D eigenvalue weighted by atomic mass is 10.2. The van der Waals surface area contributed by atoms with Gasteiger partial charge in [-0.1, -0.05) is 13.3 Å². The van der Waals surface area contributed by atoms with E-state index in [0.29, 0.717) is 23.5 Å². The number of fused-ring (bicyclic) bond motifs is 1. The van der Waals surface area contributed by atoms with Crippen molar-refractivity contribution in [3.8, 4) is 0 Å². The second-order valence-electron chi connectivity index (χ2n) is 5.46. The smallest absolute Gasteiger partial charge is 0.305 e. The van der Waals surface area contributed by atoms with Crippen LogP contribution in [0.3, 0.4) is 0 Å². The molecule has 2 heterocycles. The van der Waals surface area contributed by atoms with Crippen LogP contribution >= 0.6 is 0 Å². The van der Waals surface area contributed by atoms with Gasteiger partial charge in [-0.3, -0.25) is 9.36 Å². The van der Waals surface area contributed by atoms with E-state index in [4.69, 9.17) is 15.2 Å². The number of esters is 1. The van der Waals surface area contributed by atoms with Crippen molar-refractivity contribution < 1.29 is 19.4 Å². The summed E-state index contributed by atoms with van der Waals surface area (Å²) in [5.41, 5.74) is 6.82. The number of anilines is 2. The minimum atomic E-state index is -0.633. The van der Waals surface area contributed by atoms with Crippen LogP contribution in [0.5, 0.6) is 0 Å². The number of aliphatic hydroxyl groups is 1. The standard InChI is InChI=1S/C15H24N6O4/c1-3-4-5-11(23)24-7-10(6-22)25-9-21-8-18-12-13(16)19-15(17-2)20-14(12)21/h8,10,22H,3-7,9H2,1-2H3,(H3,16,17,19,20). The molecule has 0 aliphatic rings. The number of unbranched alkanes of at least 4 members (excludes halogenated alkanes) is 1. The molecule has 0 saturated heterocycles. The second-order valence-corrected chi connectivity index (χ2v) is 5.46. The average molecular weight is 352 g/mol. The van der Waals surface area contributed by atoms with Crippen LogP contribution in [0.1, 0.15) is 26.2 Å². The molecule has 0 radical (unpaired) electrons. The molecule has 0 aliphatic heterocycles. The predicted octanol–water partition coefficient (Wildman–Crippen LogP) is 0.519. The maximum absolute atomic E-state index is 11.5. The molecule has 0 aliphatic carbocycles. The monoisotopic (exact) mass is 352 g/mol. The van der Waals surface area contributed by atoms with E-state index in [1.54, 1.807) is 11.6 Å². The van der Waals surface area contributed by atoms with Gasteiger partial charge < -0.3 is 25.6 Å². The van der Waals surface area contributed by atoms with Crippen molar-refractivity contribution in [2.45, 2.75) is 39.0 Å². The van der Waals surface area contributed by atoms with Crippen molar-refractivity contribution in [2.24, 2.45) is 0 Å². The first-order valence-electron chi connectivity index (χ1n) is 8.13. The van der Waals surface area contributed by atoms with Crippen molar-refractivity contribution in [3.63, 3.8) is 0 Å². The van der Waals surface area contributed by atoms with Crippen molar-refractivity contribution in [3.05, 3.63) is 6.33 Å². The lowest BCUT2D eigenvalue weighted by Crippen LogP contribution is -2.26. The molecule has 0 bridgehead atoms. The van der Waals surface area contributed by atoms with Gasteiger partial charge in [-0.15, -0.1) is 0 Å². The molecule has 2 aromatic heterocycles. The normalized spacial score (nSPS) is 12.3. The number of nitrogens with two attached hydrogens (primary N) is 1. The van der Waals surface area contributed by atoms with Crippen LogP contribution in [0.15, 0.2) is 6.33 Å². The van der Waals surface area contributed by atoms with Gasteiger partial charge in [-0.25, -0.2) is 4.98 Å². The average Bonchev–Trinajstić information content (AvgIpc) is 3.03. The van der Waals surface area contributed by atoms with E-state index < -0.39 is 6.10 Å². The summed E-state index contributed by atoms with van der Waals surface area (Å²) in [4.78, 5) is 24.0. The molecule has 2 rings (SSSR count). The maximum Gasteiger partial charge on any atom is 0.305 e. The third-order valence-electron chi connectivity index (χ3n) is 3.53. The number of aliphatic hydroxyl groups excluding tert-OH is 1. The molecule has 0 saturated carbocycles. The Morgan fingerprint density at radius 1 is 1.48 bits per heavy atom. The number of ether oxygens (including phenoxy) is 2. The summed E-state index contributed by atoms with van der Waals surface area (Å²) in [7, 11) is 1.69. The van der Waals surface area contributed by atoms with Crippen molar-refractivity contribution >= 4 is 28.9 Å². The number of carbonyl (C=O) groups is 1. The largest absolute Gasteiger partial charge is 0.463 e. The number of aromatic nitrogens is 4. The minimum Gasteiger partial charge on any atom is -0.463 e. The molecule has 0 spiro atoms. The number of nitrogen functional groups attached to an aromatic ring is 1. The Balaban J connectivity index is 1.96. The highest BCUT2D eigenvalue weighted by Crippen LogP contribution is 2.18. The van der Waals surface area contributed by atoms with E-state index in [9.17, 15) is 9.90 Å². The van der Waals surface area contributed by atoms with Gasteiger partial charge >= 0.3 is 5.97 Å². The van der Waals surface area contributed by atoms with Crippen molar-refractivity contribution in [1.82, 2.24) is 19.5 Å². The van der Waals surface area contributed by atoms with E-state index in [-0.39, 0.29) is 31.7 Å². The number of hydrogen-bond donors (Lipinski definition) is 3. The number of carbonyl (C=O) groups excluding carboxylic acids is 1. The Morgan fingerprint density at radius 2 is 2.28 bits per heavy atom. The third-order valence-corrected chi connectivity index (χ3v) is 3.53. The zero-order chi connectivity index (χ0) is 18.2. The summed E-state index contributed by atoms with van der Waals surface area (Å²) in [6.45, 7) is 1.79. The summed E-state index contributed by atoms with van der Waals surface area (Å²) in [5.74, 6) is 0.336. The fourth-order valence-corrected chi connectivity index (χ4v) is 2.09. The Hall–Kier alpha value is -2.46. The van der Waals surface area contributed by atoms with Crippen LogP contribution < -0.4 is 11.1 Å². The highest BCUT2D eigenvalue weighted by atomic mass is 16.6. The highest BCUT2D eigenvalue weighted by molar-refractivity contribution is 5.82. The molecule has 1 atom stereocenters. The number of nitrogens with one attached hydrogen (secondary N) is 1. The van der Waals surface area contributed by atoms with Gasteiger partial charge in [0.1, 0.15) is 25.0 Å². The number of hydrogen-bond acceptors (Lipinski definition) is 9. The molecule has 10 heteroatoms. The lowest BCUT2D eigenvalue weighted by Gasteiger charge is -2.16. The second kappa shape index (κ2) is 9.14. The minimum absolute atomic E-state index is 0.00936. The summed E-state index contributed by atoms with van der Waals surface area (Å²) in [6, 6.07) is 0. The Morgan fingerprint density at radius 3 is 2.96 bits per heavy atom. The van der Waals surface area contributed by atoms with Gasteiger partial charge in [0.15, 0.2) is 11.5 Å². The van der Waals surface area contributed by atoms with E-state index in [1.165, 1.54) is 6.33 Å². The fourth-order valence-electron chi connectivity index (χ4n) is 2.09. The van der Waals surface area contributed by atoms with Gasteiger partial charge in [0.05, 0.1) is 12.9 Å². The van der Waals surface area contributed by atoms with Gasteiger partial charge in [0.2, 0.25) is 5.95 Å².